The number of ether oxygens (including phenoxy) is 1. The summed E-state index contributed by atoms with van der Waals surface area (Å²) in [7, 11) is 0. The van der Waals surface area contributed by atoms with E-state index < -0.39 is 0 Å². The van der Waals surface area contributed by atoms with Crippen LogP contribution in [0.25, 0.3) is 22.8 Å². The molecule has 1 aromatic carbocycles. The van der Waals surface area contributed by atoms with Crippen LogP contribution >= 0.6 is 0 Å². The molecule has 3 aromatic heterocycles. The second kappa shape index (κ2) is 8.75. The first kappa shape index (κ1) is 20.1. The highest BCUT2D eigenvalue weighted by atomic mass is 16.5. The molecule has 0 radical (unpaired) electrons. The van der Waals surface area contributed by atoms with Crippen molar-refractivity contribution in [2.24, 2.45) is 0 Å². The highest BCUT2D eigenvalue weighted by Crippen LogP contribution is 2.34. The lowest BCUT2D eigenvalue weighted by molar-refractivity contribution is 0.290. The van der Waals surface area contributed by atoms with E-state index in [4.69, 9.17) is 14.7 Å². The molecule has 32 heavy (non-hydrogen) atoms. The van der Waals surface area contributed by atoms with Gasteiger partial charge in [0.2, 0.25) is 5.88 Å². The number of fused-ring (bicyclic) bond motifs is 1. The van der Waals surface area contributed by atoms with Crippen molar-refractivity contribution in [3.8, 4) is 28.7 Å². The van der Waals surface area contributed by atoms with Crippen molar-refractivity contribution in [2.75, 3.05) is 11.9 Å². The van der Waals surface area contributed by atoms with Crippen molar-refractivity contribution in [3.63, 3.8) is 0 Å². The van der Waals surface area contributed by atoms with Gasteiger partial charge in [0.15, 0.2) is 5.82 Å². The molecule has 6 nitrogen and oxygen atoms in total. The average Bonchev–Trinajstić information content (AvgIpc) is 3.32. The largest absolute Gasteiger partial charge is 0.472 e. The number of aromatic nitrogens is 4. The van der Waals surface area contributed by atoms with Crippen molar-refractivity contribution < 1.29 is 4.74 Å². The fourth-order valence-electron chi connectivity index (χ4n) is 3.91. The summed E-state index contributed by atoms with van der Waals surface area (Å²) in [5, 5.41) is 3.37. The Kier molecular flexibility index (Phi) is 5.50. The maximum atomic E-state index is 6.20. The van der Waals surface area contributed by atoms with Gasteiger partial charge in [0.05, 0.1) is 17.0 Å². The highest BCUT2D eigenvalue weighted by Gasteiger charge is 2.22. The van der Waals surface area contributed by atoms with Crippen molar-refractivity contribution in [1.82, 2.24) is 19.9 Å². The molecular formula is C26H25N5O. The molecule has 4 heterocycles. The lowest BCUT2D eigenvalue weighted by atomic mass is 9.97. The Morgan fingerprint density at radius 3 is 2.56 bits per heavy atom. The summed E-state index contributed by atoms with van der Waals surface area (Å²) in [5.74, 6) is 2.58. The van der Waals surface area contributed by atoms with E-state index in [9.17, 15) is 0 Å². The molecule has 1 aliphatic rings. The number of benzene rings is 1. The van der Waals surface area contributed by atoms with E-state index in [1.807, 2.05) is 42.6 Å². The number of pyridine rings is 2. The van der Waals surface area contributed by atoms with Gasteiger partial charge in [0.25, 0.3) is 0 Å². The van der Waals surface area contributed by atoms with Crippen molar-refractivity contribution >= 4 is 5.82 Å². The lowest BCUT2D eigenvalue weighted by Crippen LogP contribution is -2.05. The fourth-order valence-corrected chi connectivity index (χ4v) is 3.91. The molecule has 0 unspecified atom stereocenters. The molecule has 6 heteroatoms. The van der Waals surface area contributed by atoms with Crippen molar-refractivity contribution in [3.05, 3.63) is 83.7 Å². The van der Waals surface area contributed by atoms with Gasteiger partial charge in [-0.15, -0.1) is 0 Å². The number of hydrogen-bond donors (Lipinski definition) is 1. The van der Waals surface area contributed by atoms with Crippen LogP contribution < -0.4 is 10.1 Å². The third-order valence-electron chi connectivity index (χ3n) is 5.59. The van der Waals surface area contributed by atoms with Crippen LogP contribution in [0.3, 0.4) is 0 Å². The van der Waals surface area contributed by atoms with Crippen LogP contribution in [0.4, 0.5) is 5.82 Å². The topological polar surface area (TPSA) is 72.8 Å². The first-order valence-corrected chi connectivity index (χ1v) is 10.9. The quantitative estimate of drug-likeness (QED) is 0.455. The predicted octanol–water partition coefficient (Wildman–Crippen LogP) is 5.27. The first-order chi connectivity index (χ1) is 15.7. The van der Waals surface area contributed by atoms with E-state index in [-0.39, 0.29) is 0 Å². The van der Waals surface area contributed by atoms with Gasteiger partial charge in [-0.1, -0.05) is 50.2 Å². The predicted molar refractivity (Wildman–Crippen MR) is 126 cm³/mol. The van der Waals surface area contributed by atoms with Gasteiger partial charge in [-0.2, -0.15) is 4.98 Å². The van der Waals surface area contributed by atoms with Crippen LogP contribution in [0.1, 0.15) is 36.5 Å². The van der Waals surface area contributed by atoms with Crippen LogP contribution in [-0.2, 0) is 13.0 Å². The Hall–Kier alpha value is -3.80. The van der Waals surface area contributed by atoms with Crippen molar-refractivity contribution in [1.29, 1.82) is 0 Å². The summed E-state index contributed by atoms with van der Waals surface area (Å²) in [5.41, 5.74) is 5.99. The van der Waals surface area contributed by atoms with E-state index in [2.05, 4.69) is 47.3 Å². The monoisotopic (exact) mass is 423 g/mol. The fraction of sp³-hybridized carbons (Fsp3) is 0.231. The minimum Gasteiger partial charge on any atom is -0.472 e. The van der Waals surface area contributed by atoms with E-state index in [0.717, 1.165) is 46.9 Å². The van der Waals surface area contributed by atoms with Gasteiger partial charge in [0, 0.05) is 30.1 Å². The molecular weight excluding hydrogens is 398 g/mol. The van der Waals surface area contributed by atoms with Gasteiger partial charge in [-0.25, -0.2) is 4.98 Å². The summed E-state index contributed by atoms with van der Waals surface area (Å²) in [4.78, 5) is 18.5. The first-order valence-electron chi connectivity index (χ1n) is 10.9. The Morgan fingerprint density at radius 1 is 0.938 bits per heavy atom. The van der Waals surface area contributed by atoms with Crippen LogP contribution in [-0.4, -0.2) is 26.5 Å². The normalized spacial score (nSPS) is 12.5. The lowest BCUT2D eigenvalue weighted by Gasteiger charge is -2.15. The van der Waals surface area contributed by atoms with E-state index in [1.54, 1.807) is 6.20 Å². The molecule has 0 fully saturated rings. The maximum Gasteiger partial charge on any atom is 0.222 e. The number of nitrogens with zero attached hydrogens (tertiary/aromatic N) is 4. The summed E-state index contributed by atoms with van der Waals surface area (Å²) in [6.45, 7) is 5.60. The molecule has 5 rings (SSSR count). The summed E-state index contributed by atoms with van der Waals surface area (Å²) in [6, 6.07) is 18.1. The second-order valence-corrected chi connectivity index (χ2v) is 8.15. The van der Waals surface area contributed by atoms with Crippen LogP contribution in [0, 0.1) is 0 Å². The smallest absolute Gasteiger partial charge is 0.222 e. The molecule has 0 bridgehead atoms. The molecule has 160 valence electrons. The Labute approximate surface area is 187 Å². The minimum absolute atomic E-state index is 0.379. The third-order valence-corrected chi connectivity index (χ3v) is 5.59. The number of rotatable bonds is 6. The summed E-state index contributed by atoms with van der Waals surface area (Å²) < 4.78 is 6.20. The maximum absolute atomic E-state index is 6.20. The zero-order valence-corrected chi connectivity index (χ0v) is 18.2. The molecule has 4 aromatic rings. The van der Waals surface area contributed by atoms with E-state index in [0.29, 0.717) is 24.2 Å². The Balaban J connectivity index is 1.41. The van der Waals surface area contributed by atoms with E-state index >= 15 is 0 Å². The van der Waals surface area contributed by atoms with Crippen LogP contribution in [0.5, 0.6) is 5.88 Å². The number of hydrogen-bond acceptors (Lipinski definition) is 6. The summed E-state index contributed by atoms with van der Waals surface area (Å²) >= 11 is 0. The number of nitrogens with one attached hydrogen (secondary N) is 1. The van der Waals surface area contributed by atoms with Gasteiger partial charge in [0.1, 0.15) is 12.4 Å². The van der Waals surface area contributed by atoms with Crippen LogP contribution in [0.15, 0.2) is 67.0 Å². The van der Waals surface area contributed by atoms with Gasteiger partial charge >= 0.3 is 0 Å². The molecule has 1 aliphatic heterocycles. The van der Waals surface area contributed by atoms with Crippen LogP contribution in [0.2, 0.25) is 0 Å². The molecule has 0 spiro atoms. The van der Waals surface area contributed by atoms with Crippen molar-refractivity contribution in [2.45, 2.75) is 32.8 Å². The molecule has 0 saturated heterocycles. The SMILES string of the molecule is CC(C)c1ccccc1-c1nc2c(c(OCc3ccc(-c4ccccn4)nc3)n1)CCN2. The Bertz CT molecular complexity index is 1220. The molecule has 0 saturated carbocycles. The zero-order chi connectivity index (χ0) is 21.9. The second-order valence-electron chi connectivity index (χ2n) is 8.15. The minimum atomic E-state index is 0.379. The highest BCUT2D eigenvalue weighted by molar-refractivity contribution is 5.66. The van der Waals surface area contributed by atoms with E-state index in [1.165, 1.54) is 5.56 Å². The molecule has 0 aliphatic carbocycles. The van der Waals surface area contributed by atoms with Gasteiger partial charge in [-0.3, -0.25) is 9.97 Å². The molecule has 0 atom stereocenters. The average molecular weight is 424 g/mol. The standard InChI is InChI=1S/C26H25N5O/c1-17(2)19-7-3-4-8-20(19)25-30-24-21(12-14-28-24)26(31-25)32-16-18-10-11-23(29-15-18)22-9-5-6-13-27-22/h3-11,13,15,17H,12,14,16H2,1-2H3,(H,28,30,31). The number of anilines is 1. The van der Waals surface area contributed by atoms with Gasteiger partial charge in [-0.05, 0) is 36.1 Å². The molecule has 0 amide bonds. The van der Waals surface area contributed by atoms with Gasteiger partial charge < -0.3 is 10.1 Å². The Morgan fingerprint density at radius 2 is 1.78 bits per heavy atom. The molecule has 1 N–H and O–H groups in total. The third kappa shape index (κ3) is 4.04. The summed E-state index contributed by atoms with van der Waals surface area (Å²) in [6.07, 6.45) is 4.46. The zero-order valence-electron chi connectivity index (χ0n) is 18.2.